The molecule has 3 aromatic rings. The molecule has 0 bridgehead atoms. The molecule has 2 N–H and O–H groups in total. The maximum atomic E-state index is 13.0. The standard InChI is InChI=1S/C20H19FN4O4/c21-14-3-1-13(2-4-14)11-22-19(27)17-18(26)20(28)25-12-15(5-6-16(25)23-17)24-7-9-29-10-8-24/h1-6,12,26H,7-11H2,(H,22,27). The molecule has 2 aromatic heterocycles. The van der Waals surface area contributed by atoms with Crippen LogP contribution in [0.3, 0.4) is 0 Å². The molecule has 0 spiro atoms. The van der Waals surface area contributed by atoms with Gasteiger partial charge in [-0.1, -0.05) is 12.1 Å². The van der Waals surface area contributed by atoms with Crippen molar-refractivity contribution >= 4 is 17.2 Å². The van der Waals surface area contributed by atoms with Crippen LogP contribution in [0.25, 0.3) is 5.65 Å². The number of amides is 1. The molecule has 1 saturated heterocycles. The Morgan fingerprint density at radius 1 is 1.17 bits per heavy atom. The van der Waals surface area contributed by atoms with Gasteiger partial charge in [0.25, 0.3) is 5.91 Å². The van der Waals surface area contributed by atoms with Crippen LogP contribution in [-0.4, -0.2) is 46.7 Å². The normalized spacial score (nSPS) is 14.2. The van der Waals surface area contributed by atoms with E-state index in [4.69, 9.17) is 4.74 Å². The van der Waals surface area contributed by atoms with Crippen LogP contribution in [0.15, 0.2) is 47.4 Å². The quantitative estimate of drug-likeness (QED) is 0.688. The summed E-state index contributed by atoms with van der Waals surface area (Å²) >= 11 is 0. The number of ether oxygens (including phenoxy) is 1. The van der Waals surface area contributed by atoms with Gasteiger partial charge in [0.05, 0.1) is 18.9 Å². The van der Waals surface area contributed by atoms with Gasteiger partial charge in [0.15, 0.2) is 5.69 Å². The minimum absolute atomic E-state index is 0.107. The Kier molecular flexibility index (Phi) is 5.13. The van der Waals surface area contributed by atoms with Crippen molar-refractivity contribution in [2.75, 3.05) is 31.2 Å². The summed E-state index contributed by atoms with van der Waals surface area (Å²) in [6, 6.07) is 9.07. The van der Waals surface area contributed by atoms with Crippen LogP contribution in [0, 0.1) is 5.82 Å². The topological polar surface area (TPSA) is 96.2 Å². The Balaban J connectivity index is 1.59. The van der Waals surface area contributed by atoms with E-state index in [2.05, 4.69) is 15.2 Å². The van der Waals surface area contributed by atoms with Crippen molar-refractivity contribution in [3.63, 3.8) is 0 Å². The molecule has 4 rings (SSSR count). The van der Waals surface area contributed by atoms with Gasteiger partial charge < -0.3 is 20.1 Å². The molecule has 0 saturated carbocycles. The van der Waals surface area contributed by atoms with Crippen LogP contribution < -0.4 is 15.8 Å². The number of pyridine rings is 1. The van der Waals surface area contributed by atoms with Gasteiger partial charge >= 0.3 is 5.56 Å². The summed E-state index contributed by atoms with van der Waals surface area (Å²) in [5.74, 6) is -1.79. The predicted octanol–water partition coefficient (Wildman–Crippen LogP) is 1.31. The zero-order valence-electron chi connectivity index (χ0n) is 15.5. The van der Waals surface area contributed by atoms with Crippen LogP contribution in [0.2, 0.25) is 0 Å². The number of morpholine rings is 1. The number of carbonyl (C=O) groups excluding carboxylic acids is 1. The van der Waals surface area contributed by atoms with E-state index < -0.39 is 17.2 Å². The molecule has 1 fully saturated rings. The number of hydrogen-bond acceptors (Lipinski definition) is 6. The summed E-state index contributed by atoms with van der Waals surface area (Å²) < 4.78 is 19.5. The first kappa shape index (κ1) is 18.9. The Hall–Kier alpha value is -3.46. The second-order valence-corrected chi connectivity index (χ2v) is 6.64. The van der Waals surface area contributed by atoms with E-state index in [-0.39, 0.29) is 23.7 Å². The Morgan fingerprint density at radius 3 is 2.62 bits per heavy atom. The highest BCUT2D eigenvalue weighted by Gasteiger charge is 2.19. The summed E-state index contributed by atoms with van der Waals surface area (Å²) in [6.07, 6.45) is 1.59. The molecule has 8 nitrogen and oxygen atoms in total. The highest BCUT2D eigenvalue weighted by Crippen LogP contribution is 2.18. The zero-order chi connectivity index (χ0) is 20.4. The number of halogens is 1. The smallest absolute Gasteiger partial charge is 0.300 e. The van der Waals surface area contributed by atoms with E-state index in [1.807, 2.05) is 6.07 Å². The Morgan fingerprint density at radius 2 is 1.90 bits per heavy atom. The van der Waals surface area contributed by atoms with Crippen LogP contribution in [-0.2, 0) is 11.3 Å². The lowest BCUT2D eigenvalue weighted by atomic mass is 10.2. The molecule has 1 amide bonds. The van der Waals surface area contributed by atoms with Crippen LogP contribution in [0.4, 0.5) is 10.1 Å². The minimum Gasteiger partial charge on any atom is -0.501 e. The van der Waals surface area contributed by atoms with E-state index in [0.29, 0.717) is 31.9 Å². The van der Waals surface area contributed by atoms with Gasteiger partial charge in [0.2, 0.25) is 5.75 Å². The van der Waals surface area contributed by atoms with Crippen LogP contribution >= 0.6 is 0 Å². The SMILES string of the molecule is O=C(NCc1ccc(F)cc1)c1nc2ccc(N3CCOCC3)cn2c(=O)c1O. The number of aromatic hydroxyl groups is 1. The number of aromatic nitrogens is 2. The van der Waals surface area contributed by atoms with Crippen molar-refractivity contribution in [1.82, 2.24) is 14.7 Å². The highest BCUT2D eigenvalue weighted by molar-refractivity contribution is 5.95. The molecular weight excluding hydrogens is 379 g/mol. The van der Waals surface area contributed by atoms with Crippen molar-refractivity contribution in [3.8, 4) is 5.75 Å². The lowest BCUT2D eigenvalue weighted by molar-refractivity contribution is 0.0942. The number of nitrogens with zero attached hydrogens (tertiary/aromatic N) is 3. The van der Waals surface area contributed by atoms with Crippen LogP contribution in [0.5, 0.6) is 5.75 Å². The summed E-state index contributed by atoms with van der Waals surface area (Å²) in [7, 11) is 0. The van der Waals surface area contributed by atoms with Crippen molar-refractivity contribution in [1.29, 1.82) is 0 Å². The van der Waals surface area contributed by atoms with Crippen molar-refractivity contribution < 1.29 is 19.0 Å². The third-order valence-corrected chi connectivity index (χ3v) is 4.74. The number of rotatable bonds is 4. The molecule has 1 aromatic carbocycles. The minimum atomic E-state index is -0.725. The molecule has 0 aliphatic carbocycles. The zero-order valence-corrected chi connectivity index (χ0v) is 15.5. The number of nitrogens with one attached hydrogen (secondary N) is 1. The van der Waals surface area contributed by atoms with E-state index in [9.17, 15) is 19.1 Å². The number of benzene rings is 1. The fourth-order valence-corrected chi connectivity index (χ4v) is 3.15. The maximum absolute atomic E-state index is 13.0. The fourth-order valence-electron chi connectivity index (χ4n) is 3.15. The third-order valence-electron chi connectivity index (χ3n) is 4.74. The predicted molar refractivity (Wildman–Crippen MR) is 104 cm³/mol. The molecule has 1 aliphatic rings. The first-order valence-corrected chi connectivity index (χ1v) is 9.13. The van der Waals surface area contributed by atoms with Crippen LogP contribution in [0.1, 0.15) is 16.1 Å². The molecule has 29 heavy (non-hydrogen) atoms. The van der Waals surface area contributed by atoms with Gasteiger partial charge in [0, 0.05) is 25.8 Å². The molecular formula is C20H19FN4O4. The first-order valence-electron chi connectivity index (χ1n) is 9.13. The number of carbonyl (C=O) groups is 1. The van der Waals surface area contributed by atoms with Gasteiger partial charge in [-0.25, -0.2) is 9.37 Å². The molecule has 1 aliphatic heterocycles. The molecule has 9 heteroatoms. The molecule has 0 radical (unpaired) electrons. The average molecular weight is 398 g/mol. The second kappa shape index (κ2) is 7.88. The van der Waals surface area contributed by atoms with Crippen molar-refractivity contribution in [2.24, 2.45) is 0 Å². The van der Waals surface area contributed by atoms with E-state index in [0.717, 1.165) is 5.69 Å². The van der Waals surface area contributed by atoms with E-state index in [1.54, 1.807) is 12.3 Å². The first-order chi connectivity index (χ1) is 14.0. The monoisotopic (exact) mass is 398 g/mol. The number of hydrogen-bond donors (Lipinski definition) is 2. The van der Waals surface area contributed by atoms with E-state index >= 15 is 0 Å². The Bertz CT molecular complexity index is 1110. The Labute approximate surface area is 165 Å². The third kappa shape index (κ3) is 3.90. The number of fused-ring (bicyclic) bond motifs is 1. The van der Waals surface area contributed by atoms with Gasteiger partial charge in [0.1, 0.15) is 11.5 Å². The maximum Gasteiger partial charge on any atom is 0.300 e. The fraction of sp³-hybridized carbons (Fsp3) is 0.250. The lowest BCUT2D eigenvalue weighted by Crippen LogP contribution is -2.36. The summed E-state index contributed by atoms with van der Waals surface area (Å²) in [5.41, 5.74) is 0.648. The van der Waals surface area contributed by atoms with Gasteiger partial charge in [-0.3, -0.25) is 14.0 Å². The summed E-state index contributed by atoms with van der Waals surface area (Å²) in [4.78, 5) is 31.3. The molecule has 0 atom stereocenters. The van der Waals surface area contributed by atoms with Gasteiger partial charge in [-0.05, 0) is 29.8 Å². The molecule has 150 valence electrons. The highest BCUT2D eigenvalue weighted by atomic mass is 19.1. The summed E-state index contributed by atoms with van der Waals surface area (Å²) in [5, 5.41) is 12.8. The molecule has 0 unspecified atom stereocenters. The number of anilines is 1. The van der Waals surface area contributed by atoms with Gasteiger partial charge in [-0.15, -0.1) is 0 Å². The lowest BCUT2D eigenvalue weighted by Gasteiger charge is -2.28. The largest absolute Gasteiger partial charge is 0.501 e. The van der Waals surface area contributed by atoms with E-state index in [1.165, 1.54) is 28.7 Å². The van der Waals surface area contributed by atoms with Gasteiger partial charge in [-0.2, -0.15) is 0 Å². The van der Waals surface area contributed by atoms with Crippen molar-refractivity contribution in [2.45, 2.75) is 6.54 Å². The molecule has 3 heterocycles. The average Bonchev–Trinajstić information content (AvgIpc) is 2.76. The second-order valence-electron chi connectivity index (χ2n) is 6.64. The summed E-state index contributed by atoms with van der Waals surface area (Å²) in [6.45, 7) is 2.70. The van der Waals surface area contributed by atoms with Crippen molar-refractivity contribution in [3.05, 3.63) is 70.0 Å².